The van der Waals surface area contributed by atoms with Crippen LogP contribution in [0.2, 0.25) is 0 Å². The van der Waals surface area contributed by atoms with Crippen molar-refractivity contribution >= 4 is 19.4 Å². The van der Waals surface area contributed by atoms with Gasteiger partial charge >= 0.3 is 12.1 Å². The van der Waals surface area contributed by atoms with Gasteiger partial charge in [0.15, 0.2) is 0 Å². The van der Waals surface area contributed by atoms with Crippen LogP contribution < -0.4 is 5.32 Å². The molecule has 4 aromatic rings. The molecule has 1 amide bonds. The molecule has 202 valence electrons. The third kappa shape index (κ3) is 8.14. The van der Waals surface area contributed by atoms with E-state index in [2.05, 4.69) is 10.5 Å². The van der Waals surface area contributed by atoms with E-state index in [1.807, 2.05) is 36.4 Å². The predicted octanol–water partition coefficient (Wildman–Crippen LogP) is 5.35. The van der Waals surface area contributed by atoms with Crippen LogP contribution in [0.25, 0.3) is 11.3 Å². The molecule has 0 radical (unpaired) electrons. The number of aromatic nitrogens is 1. The van der Waals surface area contributed by atoms with Gasteiger partial charge in [-0.3, -0.25) is 9.36 Å². The molecular formula is C29H29N2O7P. The second-order valence-electron chi connectivity index (χ2n) is 9.13. The van der Waals surface area contributed by atoms with E-state index in [-0.39, 0.29) is 25.2 Å². The normalized spacial score (nSPS) is 14.1. The second-order valence-corrected chi connectivity index (χ2v) is 11.6. The number of alkyl carbamates (subject to hydrolysis) is 1. The quantitative estimate of drug-likeness (QED) is 0.201. The maximum atomic E-state index is 13.6. The Morgan fingerprint density at radius 3 is 2.10 bits per heavy atom. The number of carboxylic acids is 1. The SMILES string of the molecule is O=C(N[C@@H](Cc1ccccc1)P(=O)(O)CC(Cc1cc(-c2ccccc2)no1)C(=O)O)OCc1ccccc1. The molecule has 0 aliphatic heterocycles. The fraction of sp³-hybridized carbons (Fsp3) is 0.207. The Balaban J connectivity index is 1.48. The Morgan fingerprint density at radius 2 is 1.49 bits per heavy atom. The summed E-state index contributed by atoms with van der Waals surface area (Å²) in [5.74, 6) is -3.50. The lowest BCUT2D eigenvalue weighted by molar-refractivity contribution is -0.141. The molecule has 10 heteroatoms. The minimum absolute atomic E-state index is 0.0157. The molecule has 9 nitrogen and oxygen atoms in total. The Labute approximate surface area is 225 Å². The highest BCUT2D eigenvalue weighted by Crippen LogP contribution is 2.48. The van der Waals surface area contributed by atoms with Crippen LogP contribution in [0.5, 0.6) is 0 Å². The van der Waals surface area contributed by atoms with Crippen LogP contribution in [-0.2, 0) is 33.5 Å². The number of benzene rings is 3. The zero-order chi connectivity index (χ0) is 27.7. The maximum Gasteiger partial charge on any atom is 0.408 e. The van der Waals surface area contributed by atoms with Gasteiger partial charge in [0.1, 0.15) is 23.8 Å². The van der Waals surface area contributed by atoms with Crippen LogP contribution in [-0.4, -0.2) is 39.2 Å². The number of hydrogen-bond acceptors (Lipinski definition) is 6. The molecule has 39 heavy (non-hydrogen) atoms. The Bertz CT molecular complexity index is 1410. The van der Waals surface area contributed by atoms with Gasteiger partial charge in [-0.2, -0.15) is 0 Å². The average Bonchev–Trinajstić information content (AvgIpc) is 3.41. The van der Waals surface area contributed by atoms with Gasteiger partial charge in [0, 0.05) is 30.6 Å². The molecular weight excluding hydrogens is 519 g/mol. The van der Waals surface area contributed by atoms with E-state index in [9.17, 15) is 24.2 Å². The molecule has 3 N–H and O–H groups in total. The first-order valence-electron chi connectivity index (χ1n) is 12.4. The average molecular weight is 549 g/mol. The minimum Gasteiger partial charge on any atom is -0.481 e. The number of ether oxygens (including phenoxy) is 1. The number of nitrogens with zero attached hydrogens (tertiary/aromatic N) is 1. The van der Waals surface area contributed by atoms with Crippen molar-refractivity contribution in [2.24, 2.45) is 5.92 Å². The number of carbonyl (C=O) groups excluding carboxylic acids is 1. The molecule has 0 spiro atoms. The zero-order valence-corrected chi connectivity index (χ0v) is 21.9. The Morgan fingerprint density at radius 1 is 0.897 bits per heavy atom. The maximum absolute atomic E-state index is 13.6. The van der Waals surface area contributed by atoms with E-state index in [1.165, 1.54) is 0 Å². The van der Waals surface area contributed by atoms with E-state index in [0.717, 1.165) is 11.1 Å². The first-order chi connectivity index (χ1) is 18.8. The van der Waals surface area contributed by atoms with Crippen molar-refractivity contribution in [3.05, 3.63) is 114 Å². The molecule has 0 aliphatic carbocycles. The van der Waals surface area contributed by atoms with Gasteiger partial charge in [-0.25, -0.2) is 4.79 Å². The molecule has 1 aromatic heterocycles. The minimum atomic E-state index is -4.27. The molecule has 0 bridgehead atoms. The third-order valence-electron chi connectivity index (χ3n) is 6.16. The first kappa shape index (κ1) is 27.8. The summed E-state index contributed by atoms with van der Waals surface area (Å²) in [6, 6.07) is 28.8. The molecule has 1 heterocycles. The second kappa shape index (κ2) is 13.0. The van der Waals surface area contributed by atoms with Crippen LogP contribution in [0.3, 0.4) is 0 Å². The van der Waals surface area contributed by atoms with Crippen molar-refractivity contribution in [1.29, 1.82) is 0 Å². The van der Waals surface area contributed by atoms with Crippen LogP contribution in [0.15, 0.2) is 102 Å². The van der Waals surface area contributed by atoms with E-state index in [0.29, 0.717) is 11.3 Å². The van der Waals surface area contributed by atoms with Crippen molar-refractivity contribution < 1.29 is 33.4 Å². The monoisotopic (exact) mass is 548 g/mol. The first-order valence-corrected chi connectivity index (χ1v) is 14.3. The van der Waals surface area contributed by atoms with E-state index in [1.54, 1.807) is 60.7 Å². The fourth-order valence-electron chi connectivity index (χ4n) is 4.10. The topological polar surface area (TPSA) is 139 Å². The van der Waals surface area contributed by atoms with Gasteiger partial charge in [0.25, 0.3) is 0 Å². The van der Waals surface area contributed by atoms with Crippen molar-refractivity contribution in [2.45, 2.75) is 25.2 Å². The third-order valence-corrected chi connectivity index (χ3v) is 8.41. The number of carboxylic acid groups (broad SMARTS) is 1. The van der Waals surface area contributed by atoms with Gasteiger partial charge in [0.05, 0.1) is 5.92 Å². The van der Waals surface area contributed by atoms with Crippen LogP contribution in [0, 0.1) is 5.92 Å². The van der Waals surface area contributed by atoms with Gasteiger partial charge in [-0.05, 0) is 11.1 Å². The summed E-state index contributed by atoms with van der Waals surface area (Å²) in [6.45, 7) is -0.0204. The van der Waals surface area contributed by atoms with E-state index in [4.69, 9.17) is 9.26 Å². The summed E-state index contributed by atoms with van der Waals surface area (Å²) < 4.78 is 24.2. The number of hydrogen-bond donors (Lipinski definition) is 3. The van der Waals surface area contributed by atoms with Gasteiger partial charge < -0.3 is 24.6 Å². The molecule has 0 saturated carbocycles. The van der Waals surface area contributed by atoms with Crippen molar-refractivity contribution in [3.8, 4) is 11.3 Å². The summed E-state index contributed by atoms with van der Waals surface area (Å²) in [6.07, 6.45) is -1.58. The number of amides is 1. The molecule has 0 saturated heterocycles. The van der Waals surface area contributed by atoms with Gasteiger partial charge in [-0.15, -0.1) is 0 Å². The fourth-order valence-corrected chi connectivity index (χ4v) is 6.08. The molecule has 0 fully saturated rings. The number of carbonyl (C=O) groups is 2. The lowest BCUT2D eigenvalue weighted by Crippen LogP contribution is -2.38. The molecule has 4 rings (SSSR count). The van der Waals surface area contributed by atoms with Crippen LogP contribution >= 0.6 is 7.37 Å². The highest BCUT2D eigenvalue weighted by Gasteiger charge is 2.38. The van der Waals surface area contributed by atoms with Crippen molar-refractivity contribution in [1.82, 2.24) is 10.5 Å². The lowest BCUT2D eigenvalue weighted by atomic mass is 10.1. The number of aliphatic carboxylic acids is 1. The van der Waals surface area contributed by atoms with Crippen LogP contribution in [0.4, 0.5) is 4.79 Å². The Hall–Kier alpha value is -4.20. The van der Waals surface area contributed by atoms with Crippen LogP contribution in [0.1, 0.15) is 16.9 Å². The predicted molar refractivity (Wildman–Crippen MR) is 145 cm³/mol. The summed E-state index contributed by atoms with van der Waals surface area (Å²) in [7, 11) is -4.27. The molecule has 3 atom stereocenters. The van der Waals surface area contributed by atoms with E-state index >= 15 is 0 Å². The van der Waals surface area contributed by atoms with Crippen molar-refractivity contribution in [2.75, 3.05) is 6.16 Å². The molecule has 0 aliphatic rings. The summed E-state index contributed by atoms with van der Waals surface area (Å²) in [4.78, 5) is 35.8. The van der Waals surface area contributed by atoms with Gasteiger partial charge in [-0.1, -0.05) is 96.2 Å². The van der Waals surface area contributed by atoms with E-state index < -0.39 is 37.3 Å². The molecule has 2 unspecified atom stereocenters. The number of nitrogens with one attached hydrogen (secondary N) is 1. The summed E-state index contributed by atoms with van der Waals surface area (Å²) in [5.41, 5.74) is 2.79. The van der Waals surface area contributed by atoms with Crippen molar-refractivity contribution in [3.63, 3.8) is 0 Å². The zero-order valence-electron chi connectivity index (χ0n) is 21.1. The standard InChI is InChI=1S/C29H29N2O7P/c32-28(33)24(17-25-18-26(31-38-25)23-14-8-3-9-15-23)20-39(35,36)27(16-21-10-4-1-5-11-21)30-29(34)37-19-22-12-6-2-7-13-22/h1-15,18,24,27H,16-17,19-20H2,(H,30,34)(H,32,33)(H,35,36)/t24?,27-/m1/s1. The Kier molecular flexibility index (Phi) is 9.31. The highest BCUT2D eigenvalue weighted by atomic mass is 31.2. The lowest BCUT2D eigenvalue weighted by Gasteiger charge is -2.26. The summed E-state index contributed by atoms with van der Waals surface area (Å²) in [5, 5.41) is 16.4. The highest BCUT2D eigenvalue weighted by molar-refractivity contribution is 7.58. The van der Waals surface area contributed by atoms with Gasteiger partial charge in [0.2, 0.25) is 7.37 Å². The number of rotatable bonds is 12. The largest absolute Gasteiger partial charge is 0.481 e. The smallest absolute Gasteiger partial charge is 0.408 e. The summed E-state index contributed by atoms with van der Waals surface area (Å²) >= 11 is 0. The molecule has 3 aromatic carbocycles.